The molecule has 51 valence electrons. The van der Waals surface area contributed by atoms with Gasteiger partial charge in [0.05, 0.1) is 6.10 Å². The van der Waals surface area contributed by atoms with Crippen LogP contribution in [0.4, 0.5) is 0 Å². The molecule has 1 unspecified atom stereocenters. The highest BCUT2D eigenvalue weighted by Gasteiger charge is 2.18. The van der Waals surface area contributed by atoms with Crippen LogP contribution in [0.25, 0.3) is 0 Å². The van der Waals surface area contributed by atoms with Crippen LogP contribution in [-0.4, -0.2) is 5.11 Å². The van der Waals surface area contributed by atoms with E-state index in [9.17, 15) is 5.11 Å². The van der Waals surface area contributed by atoms with Crippen LogP contribution in [0.1, 0.15) is 17.2 Å². The average molecular weight is 133 g/mol. The zero-order valence-electron chi connectivity index (χ0n) is 5.62. The Morgan fingerprint density at radius 2 is 2.10 bits per heavy atom. The van der Waals surface area contributed by atoms with Gasteiger partial charge in [0.25, 0.3) is 0 Å². The van der Waals surface area contributed by atoms with Crippen molar-refractivity contribution in [2.24, 2.45) is 0 Å². The van der Waals surface area contributed by atoms with E-state index in [4.69, 9.17) is 0 Å². The number of aliphatic hydroxyl groups is 1. The molecule has 1 nitrogen and oxygen atoms in total. The fraction of sp³-hybridized carbons (Fsp3) is 0.222. The first-order valence-corrected chi connectivity index (χ1v) is 3.47. The van der Waals surface area contributed by atoms with Gasteiger partial charge in [-0.05, 0) is 24.0 Å². The largest absolute Gasteiger partial charge is 0.388 e. The maximum Gasteiger partial charge on any atom is 0.0827 e. The molecule has 0 saturated carbocycles. The minimum Gasteiger partial charge on any atom is -0.388 e. The minimum absolute atomic E-state index is 0.323. The Morgan fingerprint density at radius 1 is 1.30 bits per heavy atom. The summed E-state index contributed by atoms with van der Waals surface area (Å²) in [7, 11) is 0. The molecule has 0 saturated heterocycles. The van der Waals surface area contributed by atoms with Gasteiger partial charge >= 0.3 is 0 Å². The van der Waals surface area contributed by atoms with E-state index in [1.165, 1.54) is 5.56 Å². The zero-order valence-corrected chi connectivity index (χ0v) is 5.62. The van der Waals surface area contributed by atoms with E-state index in [1.54, 1.807) is 0 Å². The maximum absolute atomic E-state index is 9.33. The third-order valence-corrected chi connectivity index (χ3v) is 1.93. The quantitative estimate of drug-likeness (QED) is 0.568. The Balaban J connectivity index is 2.51. The Kier molecular flexibility index (Phi) is 1.24. The molecule has 1 atom stereocenters. The van der Waals surface area contributed by atoms with Gasteiger partial charge in [-0.1, -0.05) is 24.3 Å². The van der Waals surface area contributed by atoms with E-state index in [0.29, 0.717) is 0 Å². The highest BCUT2D eigenvalue weighted by molar-refractivity contribution is 5.36. The van der Waals surface area contributed by atoms with Crippen molar-refractivity contribution in [3.63, 3.8) is 0 Å². The predicted molar refractivity (Wildman–Crippen MR) is 39.4 cm³/mol. The second-order valence-electron chi connectivity index (χ2n) is 2.58. The molecule has 1 heteroatoms. The number of aliphatic hydroxyl groups excluding tert-OH is 1. The zero-order chi connectivity index (χ0) is 6.97. The molecule has 10 heavy (non-hydrogen) atoms. The van der Waals surface area contributed by atoms with Gasteiger partial charge in [0.1, 0.15) is 0 Å². The molecule has 0 bridgehead atoms. The minimum atomic E-state index is -0.323. The second kappa shape index (κ2) is 2.10. The lowest BCUT2D eigenvalue weighted by Gasteiger charge is -2.00. The van der Waals surface area contributed by atoms with Crippen molar-refractivity contribution in [2.75, 3.05) is 0 Å². The molecule has 0 heterocycles. The van der Waals surface area contributed by atoms with Gasteiger partial charge in [0.2, 0.25) is 0 Å². The molecule has 0 spiro atoms. The van der Waals surface area contributed by atoms with Crippen molar-refractivity contribution in [3.05, 3.63) is 41.8 Å². The summed E-state index contributed by atoms with van der Waals surface area (Å²) in [6.45, 7) is 0. The SMILES string of the molecule is OC1[CH]Cc2ccccc21. The van der Waals surface area contributed by atoms with E-state index in [2.05, 4.69) is 6.07 Å². The summed E-state index contributed by atoms with van der Waals surface area (Å²) < 4.78 is 0. The molecule has 0 aliphatic heterocycles. The molecule has 1 aromatic carbocycles. The molecule has 0 fully saturated rings. The number of rotatable bonds is 0. The van der Waals surface area contributed by atoms with E-state index in [0.717, 1.165) is 12.0 Å². The van der Waals surface area contributed by atoms with Gasteiger partial charge in [-0.3, -0.25) is 0 Å². The van der Waals surface area contributed by atoms with E-state index >= 15 is 0 Å². The lowest BCUT2D eigenvalue weighted by Crippen LogP contribution is -1.88. The number of hydrogen-bond acceptors (Lipinski definition) is 1. The van der Waals surface area contributed by atoms with Crippen LogP contribution in [0.3, 0.4) is 0 Å². The van der Waals surface area contributed by atoms with Crippen molar-refractivity contribution < 1.29 is 5.11 Å². The van der Waals surface area contributed by atoms with Crippen LogP contribution in [0.15, 0.2) is 24.3 Å². The molecular formula is C9H9O. The third-order valence-electron chi connectivity index (χ3n) is 1.93. The Labute approximate surface area is 60.3 Å². The topological polar surface area (TPSA) is 20.2 Å². The third kappa shape index (κ3) is 0.745. The summed E-state index contributed by atoms with van der Waals surface area (Å²) in [5.41, 5.74) is 2.33. The maximum atomic E-state index is 9.33. The summed E-state index contributed by atoms with van der Waals surface area (Å²) in [4.78, 5) is 0. The number of benzene rings is 1. The molecule has 1 aliphatic carbocycles. The van der Waals surface area contributed by atoms with Crippen molar-refractivity contribution in [1.29, 1.82) is 0 Å². The molecule has 0 amide bonds. The predicted octanol–water partition coefficient (Wildman–Crippen LogP) is 1.48. The standard InChI is InChI=1S/C9H9O/c10-9-6-5-7-3-1-2-4-8(7)9/h1-4,6,9-10H,5H2. The van der Waals surface area contributed by atoms with Gasteiger partial charge in [0.15, 0.2) is 0 Å². The number of fused-ring (bicyclic) bond motifs is 1. The first-order valence-electron chi connectivity index (χ1n) is 3.47. The lowest BCUT2D eigenvalue weighted by atomic mass is 10.1. The first kappa shape index (κ1) is 5.93. The number of hydrogen-bond donors (Lipinski definition) is 1. The van der Waals surface area contributed by atoms with Gasteiger partial charge in [-0.25, -0.2) is 0 Å². The van der Waals surface area contributed by atoms with Crippen LogP contribution >= 0.6 is 0 Å². The van der Waals surface area contributed by atoms with Crippen molar-refractivity contribution in [1.82, 2.24) is 0 Å². The summed E-state index contributed by atoms with van der Waals surface area (Å²) in [6.07, 6.45) is 2.51. The van der Waals surface area contributed by atoms with Crippen molar-refractivity contribution >= 4 is 0 Å². The van der Waals surface area contributed by atoms with Crippen LogP contribution in [0, 0.1) is 6.42 Å². The van der Waals surface area contributed by atoms with Crippen LogP contribution in [-0.2, 0) is 6.42 Å². The molecular weight excluding hydrogens is 124 g/mol. The molecule has 1 N–H and O–H groups in total. The fourth-order valence-corrected chi connectivity index (χ4v) is 1.37. The Hall–Kier alpha value is -0.820. The highest BCUT2D eigenvalue weighted by Crippen LogP contribution is 2.29. The highest BCUT2D eigenvalue weighted by atomic mass is 16.3. The smallest absolute Gasteiger partial charge is 0.0827 e. The lowest BCUT2D eigenvalue weighted by molar-refractivity contribution is 0.217. The van der Waals surface area contributed by atoms with Crippen LogP contribution < -0.4 is 0 Å². The summed E-state index contributed by atoms with van der Waals surface area (Å²) in [6, 6.07) is 8.00. The van der Waals surface area contributed by atoms with Gasteiger partial charge < -0.3 is 5.11 Å². The van der Waals surface area contributed by atoms with Gasteiger partial charge in [0, 0.05) is 0 Å². The van der Waals surface area contributed by atoms with Crippen molar-refractivity contribution in [3.8, 4) is 0 Å². The monoisotopic (exact) mass is 133 g/mol. The van der Waals surface area contributed by atoms with E-state index in [1.807, 2.05) is 24.6 Å². The second-order valence-corrected chi connectivity index (χ2v) is 2.58. The van der Waals surface area contributed by atoms with Gasteiger partial charge in [-0.2, -0.15) is 0 Å². The van der Waals surface area contributed by atoms with E-state index in [-0.39, 0.29) is 6.10 Å². The average Bonchev–Trinajstić information content (AvgIpc) is 2.34. The van der Waals surface area contributed by atoms with Gasteiger partial charge in [-0.15, -0.1) is 0 Å². The summed E-state index contributed by atoms with van der Waals surface area (Å²) in [5, 5.41) is 9.33. The first-order chi connectivity index (χ1) is 4.88. The van der Waals surface area contributed by atoms with Crippen molar-refractivity contribution in [2.45, 2.75) is 12.5 Å². The molecule has 0 aromatic heterocycles. The Morgan fingerprint density at radius 3 is 2.90 bits per heavy atom. The molecule has 1 radical (unpaired) electrons. The normalized spacial score (nSPS) is 22.7. The molecule has 1 aromatic rings. The summed E-state index contributed by atoms with van der Waals surface area (Å²) in [5.74, 6) is 0. The summed E-state index contributed by atoms with van der Waals surface area (Å²) >= 11 is 0. The molecule has 2 rings (SSSR count). The fourth-order valence-electron chi connectivity index (χ4n) is 1.37. The molecule has 1 aliphatic rings. The van der Waals surface area contributed by atoms with Crippen LogP contribution in [0.5, 0.6) is 0 Å². The van der Waals surface area contributed by atoms with E-state index < -0.39 is 0 Å². The Bertz CT molecular complexity index is 242. The van der Waals surface area contributed by atoms with Crippen LogP contribution in [0.2, 0.25) is 0 Å².